The number of H-pyrrole nitrogens is 1. The summed E-state index contributed by atoms with van der Waals surface area (Å²) in [5, 5.41) is 1.00. The second-order valence-corrected chi connectivity index (χ2v) is 5.96. The molecule has 112 valence electrons. The van der Waals surface area contributed by atoms with Crippen LogP contribution in [-0.4, -0.2) is 48.2 Å². The summed E-state index contributed by atoms with van der Waals surface area (Å²) in [7, 11) is 1.63. The first-order valence-electron chi connectivity index (χ1n) is 7.08. The zero-order chi connectivity index (χ0) is 15.0. The van der Waals surface area contributed by atoms with Gasteiger partial charge in [-0.05, 0) is 32.0 Å². The van der Waals surface area contributed by atoms with Crippen LogP contribution in [0, 0.1) is 0 Å². The van der Waals surface area contributed by atoms with Gasteiger partial charge in [0.05, 0.1) is 25.9 Å². The maximum absolute atomic E-state index is 12.7. The van der Waals surface area contributed by atoms with Crippen LogP contribution in [0.15, 0.2) is 24.3 Å². The van der Waals surface area contributed by atoms with E-state index in [0.717, 1.165) is 16.7 Å². The molecule has 0 radical (unpaired) electrons. The number of benzene rings is 1. The number of methoxy groups -OCH3 is 1. The number of carbonyl (C=O) groups excluding carboxylic acids is 1. The van der Waals surface area contributed by atoms with Crippen molar-refractivity contribution in [3.8, 4) is 5.75 Å². The highest BCUT2D eigenvalue weighted by Gasteiger charge is 2.35. The second-order valence-electron chi connectivity index (χ2n) is 5.96. The monoisotopic (exact) mass is 288 g/mol. The predicted octanol–water partition coefficient (Wildman–Crippen LogP) is 2.43. The molecule has 5 nitrogen and oxygen atoms in total. The minimum Gasteiger partial charge on any atom is -0.497 e. The van der Waals surface area contributed by atoms with Gasteiger partial charge in [-0.3, -0.25) is 4.79 Å². The standard InChI is InChI=1S/C16H20N2O3/c1-16(2)10-21-7-6-18(16)15(19)14-8-11-4-5-12(20-3)9-13(11)17-14/h4-5,8-9,17H,6-7,10H2,1-3H3. The normalized spacial score (nSPS) is 18.0. The number of nitrogens with one attached hydrogen (secondary N) is 1. The van der Waals surface area contributed by atoms with Crippen LogP contribution < -0.4 is 4.74 Å². The fourth-order valence-electron chi connectivity index (χ4n) is 2.73. The van der Waals surface area contributed by atoms with Gasteiger partial charge in [0.15, 0.2) is 0 Å². The van der Waals surface area contributed by atoms with Gasteiger partial charge in [0.25, 0.3) is 5.91 Å². The van der Waals surface area contributed by atoms with E-state index in [4.69, 9.17) is 9.47 Å². The lowest BCUT2D eigenvalue weighted by atomic mass is 10.0. The maximum Gasteiger partial charge on any atom is 0.270 e. The molecule has 1 aliphatic heterocycles. The van der Waals surface area contributed by atoms with Crippen LogP contribution in [0.3, 0.4) is 0 Å². The molecule has 1 amide bonds. The first-order chi connectivity index (χ1) is 10.0. The number of fused-ring (bicyclic) bond motifs is 1. The van der Waals surface area contributed by atoms with Crippen LogP contribution >= 0.6 is 0 Å². The van der Waals surface area contributed by atoms with E-state index in [0.29, 0.717) is 25.5 Å². The number of aromatic amines is 1. The van der Waals surface area contributed by atoms with E-state index >= 15 is 0 Å². The van der Waals surface area contributed by atoms with Gasteiger partial charge in [-0.25, -0.2) is 0 Å². The molecule has 5 heteroatoms. The molecule has 1 aliphatic rings. The molecular formula is C16H20N2O3. The quantitative estimate of drug-likeness (QED) is 0.923. The molecule has 0 saturated carbocycles. The third kappa shape index (κ3) is 2.49. The van der Waals surface area contributed by atoms with Crippen LogP contribution in [0.2, 0.25) is 0 Å². The van der Waals surface area contributed by atoms with E-state index in [9.17, 15) is 4.79 Å². The number of aromatic nitrogens is 1. The summed E-state index contributed by atoms with van der Waals surface area (Å²) in [5.41, 5.74) is 1.22. The van der Waals surface area contributed by atoms with Crippen molar-refractivity contribution >= 4 is 16.8 Å². The highest BCUT2D eigenvalue weighted by atomic mass is 16.5. The first kappa shape index (κ1) is 13.9. The lowest BCUT2D eigenvalue weighted by Crippen LogP contribution is -2.55. The smallest absolute Gasteiger partial charge is 0.270 e. The Morgan fingerprint density at radius 3 is 2.90 bits per heavy atom. The number of carbonyl (C=O) groups is 1. The highest BCUT2D eigenvalue weighted by molar-refractivity contribution is 5.98. The van der Waals surface area contributed by atoms with Crippen molar-refractivity contribution < 1.29 is 14.3 Å². The van der Waals surface area contributed by atoms with Crippen molar-refractivity contribution in [1.82, 2.24) is 9.88 Å². The summed E-state index contributed by atoms with van der Waals surface area (Å²) in [6.07, 6.45) is 0. The molecule has 1 N–H and O–H groups in total. The van der Waals surface area contributed by atoms with Crippen molar-refractivity contribution in [2.45, 2.75) is 19.4 Å². The number of hydrogen-bond donors (Lipinski definition) is 1. The Morgan fingerprint density at radius 2 is 2.19 bits per heavy atom. The fourth-order valence-corrected chi connectivity index (χ4v) is 2.73. The van der Waals surface area contributed by atoms with Crippen LogP contribution in [0.4, 0.5) is 0 Å². The van der Waals surface area contributed by atoms with Crippen LogP contribution in [0.1, 0.15) is 24.3 Å². The molecule has 1 saturated heterocycles. The summed E-state index contributed by atoms with van der Waals surface area (Å²) in [6, 6.07) is 7.63. The minimum absolute atomic E-state index is 0.0125. The average molecular weight is 288 g/mol. The third-order valence-electron chi connectivity index (χ3n) is 3.95. The molecule has 1 aromatic carbocycles. The largest absolute Gasteiger partial charge is 0.497 e. The zero-order valence-electron chi connectivity index (χ0n) is 12.6. The van der Waals surface area contributed by atoms with Crippen molar-refractivity contribution in [3.63, 3.8) is 0 Å². The van der Waals surface area contributed by atoms with Crippen LogP contribution in [-0.2, 0) is 4.74 Å². The summed E-state index contributed by atoms with van der Waals surface area (Å²) >= 11 is 0. The molecule has 0 spiro atoms. The summed E-state index contributed by atoms with van der Waals surface area (Å²) in [4.78, 5) is 17.8. The van der Waals surface area contributed by atoms with Gasteiger partial charge < -0.3 is 19.4 Å². The van der Waals surface area contributed by atoms with Crippen LogP contribution in [0.25, 0.3) is 10.9 Å². The molecule has 21 heavy (non-hydrogen) atoms. The first-order valence-corrected chi connectivity index (χ1v) is 7.08. The van der Waals surface area contributed by atoms with Crippen LogP contribution in [0.5, 0.6) is 5.75 Å². The van der Waals surface area contributed by atoms with Gasteiger partial charge >= 0.3 is 0 Å². The molecule has 0 atom stereocenters. The topological polar surface area (TPSA) is 54.6 Å². The highest BCUT2D eigenvalue weighted by Crippen LogP contribution is 2.25. The Kier molecular flexibility index (Phi) is 3.37. The molecule has 3 rings (SSSR count). The van der Waals surface area contributed by atoms with E-state index in [1.807, 2.05) is 43.0 Å². The summed E-state index contributed by atoms with van der Waals surface area (Å²) in [5.74, 6) is 0.786. The van der Waals surface area contributed by atoms with Gasteiger partial charge in [-0.15, -0.1) is 0 Å². The van der Waals surface area contributed by atoms with E-state index in [1.165, 1.54) is 0 Å². The second kappa shape index (κ2) is 5.07. The van der Waals surface area contributed by atoms with E-state index in [1.54, 1.807) is 7.11 Å². The molecule has 1 fully saturated rings. The lowest BCUT2D eigenvalue weighted by molar-refractivity contribution is -0.0372. The Labute approximate surface area is 123 Å². The number of hydrogen-bond acceptors (Lipinski definition) is 3. The van der Waals surface area contributed by atoms with Crippen molar-refractivity contribution in [2.75, 3.05) is 26.9 Å². The number of ether oxygens (including phenoxy) is 2. The summed E-state index contributed by atoms with van der Waals surface area (Å²) in [6.45, 7) is 5.81. The Morgan fingerprint density at radius 1 is 1.38 bits per heavy atom. The van der Waals surface area contributed by atoms with Gasteiger partial charge in [-0.2, -0.15) is 0 Å². The van der Waals surface area contributed by atoms with Gasteiger partial charge in [0.2, 0.25) is 0 Å². The maximum atomic E-state index is 12.7. The van der Waals surface area contributed by atoms with E-state index < -0.39 is 0 Å². The molecule has 2 aromatic rings. The number of nitrogens with zero attached hydrogens (tertiary/aromatic N) is 1. The van der Waals surface area contributed by atoms with Gasteiger partial charge in [0.1, 0.15) is 11.4 Å². The Bertz CT molecular complexity index is 675. The average Bonchev–Trinajstić information content (AvgIpc) is 2.89. The molecule has 1 aromatic heterocycles. The Hall–Kier alpha value is -2.01. The van der Waals surface area contributed by atoms with E-state index in [2.05, 4.69) is 4.98 Å². The number of morpholine rings is 1. The number of rotatable bonds is 2. The van der Waals surface area contributed by atoms with Crippen molar-refractivity contribution in [2.24, 2.45) is 0 Å². The molecule has 2 heterocycles. The predicted molar refractivity (Wildman–Crippen MR) is 80.8 cm³/mol. The SMILES string of the molecule is COc1ccc2cc(C(=O)N3CCOCC3(C)C)[nH]c2c1. The van der Waals surface area contributed by atoms with E-state index in [-0.39, 0.29) is 11.4 Å². The molecule has 0 aliphatic carbocycles. The zero-order valence-corrected chi connectivity index (χ0v) is 12.6. The number of amides is 1. The third-order valence-corrected chi connectivity index (χ3v) is 3.95. The Balaban J connectivity index is 1.94. The molecule has 0 bridgehead atoms. The minimum atomic E-state index is -0.287. The summed E-state index contributed by atoms with van der Waals surface area (Å²) < 4.78 is 10.7. The van der Waals surface area contributed by atoms with Crippen molar-refractivity contribution in [3.05, 3.63) is 30.0 Å². The molecular weight excluding hydrogens is 268 g/mol. The van der Waals surface area contributed by atoms with Gasteiger partial charge in [0, 0.05) is 23.5 Å². The molecule has 0 unspecified atom stereocenters. The fraction of sp³-hybridized carbons (Fsp3) is 0.438. The lowest BCUT2D eigenvalue weighted by Gasteiger charge is -2.41. The van der Waals surface area contributed by atoms with Crippen molar-refractivity contribution in [1.29, 1.82) is 0 Å². The van der Waals surface area contributed by atoms with Gasteiger partial charge in [-0.1, -0.05) is 0 Å².